The number of hydrogen-bond donors (Lipinski definition) is 0. The van der Waals surface area contributed by atoms with Gasteiger partial charge in [0.2, 0.25) is 0 Å². The Morgan fingerprint density at radius 2 is 1.91 bits per heavy atom. The molecule has 0 unspecified atom stereocenters. The summed E-state index contributed by atoms with van der Waals surface area (Å²) in [6, 6.07) is 6.13. The first-order valence-electron chi connectivity index (χ1n) is 8.05. The first-order chi connectivity index (χ1) is 10.4. The number of benzene rings is 1. The van der Waals surface area contributed by atoms with Crippen molar-refractivity contribution in [3.63, 3.8) is 0 Å². The molecule has 0 aliphatic carbocycles. The molecule has 22 heavy (non-hydrogen) atoms. The molecule has 3 nitrogen and oxygen atoms in total. The normalized spacial score (nSPS) is 17.7. The average molecular weight is 370 g/mol. The molecule has 1 saturated heterocycles. The molecule has 1 heterocycles. The van der Waals surface area contributed by atoms with E-state index in [2.05, 4.69) is 47.7 Å². The van der Waals surface area contributed by atoms with Gasteiger partial charge in [0, 0.05) is 22.7 Å². The van der Waals surface area contributed by atoms with Crippen molar-refractivity contribution in [2.45, 2.75) is 45.8 Å². The van der Waals surface area contributed by atoms with E-state index in [4.69, 9.17) is 9.47 Å². The van der Waals surface area contributed by atoms with Gasteiger partial charge in [-0.05, 0) is 70.8 Å². The fourth-order valence-electron chi connectivity index (χ4n) is 2.94. The predicted molar refractivity (Wildman–Crippen MR) is 94.4 cm³/mol. The van der Waals surface area contributed by atoms with Crippen molar-refractivity contribution in [2.24, 2.45) is 5.92 Å². The fourth-order valence-corrected chi connectivity index (χ4v) is 3.34. The maximum absolute atomic E-state index is 6.09. The summed E-state index contributed by atoms with van der Waals surface area (Å²) in [6.45, 7) is 10.6. The highest BCUT2D eigenvalue weighted by Crippen LogP contribution is 2.27. The summed E-state index contributed by atoms with van der Waals surface area (Å²) in [5, 5.41) is 0. The Labute approximate surface area is 143 Å². The highest BCUT2D eigenvalue weighted by atomic mass is 79.9. The van der Waals surface area contributed by atoms with Crippen LogP contribution in [0.5, 0.6) is 5.75 Å². The molecule has 0 atom stereocenters. The summed E-state index contributed by atoms with van der Waals surface area (Å²) in [6.07, 6.45) is 2.43. The van der Waals surface area contributed by atoms with Gasteiger partial charge in [-0.15, -0.1) is 0 Å². The van der Waals surface area contributed by atoms with Crippen LogP contribution in [-0.2, 0) is 11.3 Å². The van der Waals surface area contributed by atoms with E-state index in [1.807, 2.05) is 12.1 Å². The minimum Gasteiger partial charge on any atom is -0.493 e. The van der Waals surface area contributed by atoms with Crippen LogP contribution >= 0.6 is 15.9 Å². The van der Waals surface area contributed by atoms with Crippen LogP contribution in [0.15, 0.2) is 22.7 Å². The minimum absolute atomic E-state index is 0.281. The lowest BCUT2D eigenvalue weighted by molar-refractivity contribution is 0.0715. The summed E-state index contributed by atoms with van der Waals surface area (Å²) in [7, 11) is 1.72. The van der Waals surface area contributed by atoms with E-state index in [1.165, 1.54) is 25.9 Å². The van der Waals surface area contributed by atoms with Gasteiger partial charge >= 0.3 is 0 Å². The van der Waals surface area contributed by atoms with E-state index in [1.54, 1.807) is 7.11 Å². The Hall–Kier alpha value is -0.580. The van der Waals surface area contributed by atoms with E-state index in [-0.39, 0.29) is 5.54 Å². The molecule has 0 spiro atoms. The molecule has 1 fully saturated rings. The second-order valence-corrected chi connectivity index (χ2v) is 8.01. The molecule has 1 aromatic rings. The van der Waals surface area contributed by atoms with Crippen LogP contribution in [0.3, 0.4) is 0 Å². The first-order valence-corrected chi connectivity index (χ1v) is 8.84. The Morgan fingerprint density at radius 3 is 2.50 bits per heavy atom. The molecule has 4 heteroatoms. The van der Waals surface area contributed by atoms with Crippen LogP contribution in [0.1, 0.15) is 39.2 Å². The van der Waals surface area contributed by atoms with Crippen molar-refractivity contribution in [1.29, 1.82) is 0 Å². The van der Waals surface area contributed by atoms with Crippen LogP contribution < -0.4 is 4.74 Å². The van der Waals surface area contributed by atoms with Gasteiger partial charge in [-0.1, -0.05) is 15.9 Å². The minimum atomic E-state index is 0.281. The predicted octanol–water partition coefficient (Wildman–Crippen LogP) is 4.48. The summed E-state index contributed by atoms with van der Waals surface area (Å²) < 4.78 is 12.4. The van der Waals surface area contributed by atoms with Gasteiger partial charge < -0.3 is 9.47 Å². The molecule has 0 saturated carbocycles. The second kappa shape index (κ2) is 7.80. The number of nitrogens with zero attached hydrogens (tertiary/aromatic N) is 1. The highest BCUT2D eigenvalue weighted by Gasteiger charge is 2.27. The van der Waals surface area contributed by atoms with Crippen molar-refractivity contribution in [3.8, 4) is 5.75 Å². The molecular weight excluding hydrogens is 342 g/mol. The monoisotopic (exact) mass is 369 g/mol. The molecule has 1 aliphatic rings. The van der Waals surface area contributed by atoms with Crippen LogP contribution in [0.25, 0.3) is 0 Å². The summed E-state index contributed by atoms with van der Waals surface area (Å²) >= 11 is 3.50. The smallest absolute Gasteiger partial charge is 0.124 e. The zero-order valence-electron chi connectivity index (χ0n) is 14.2. The maximum Gasteiger partial charge on any atom is 0.124 e. The van der Waals surface area contributed by atoms with E-state index >= 15 is 0 Å². The number of hydrogen-bond acceptors (Lipinski definition) is 3. The Kier molecular flexibility index (Phi) is 6.30. The van der Waals surface area contributed by atoms with E-state index in [0.29, 0.717) is 12.5 Å². The van der Waals surface area contributed by atoms with Gasteiger partial charge in [-0.25, -0.2) is 0 Å². The lowest BCUT2D eigenvalue weighted by Gasteiger charge is -2.40. The van der Waals surface area contributed by atoms with E-state index < -0.39 is 0 Å². The van der Waals surface area contributed by atoms with Crippen molar-refractivity contribution in [2.75, 3.05) is 26.8 Å². The number of halogens is 1. The van der Waals surface area contributed by atoms with Gasteiger partial charge in [0.25, 0.3) is 0 Å². The van der Waals surface area contributed by atoms with Crippen LogP contribution in [-0.4, -0.2) is 37.2 Å². The largest absolute Gasteiger partial charge is 0.493 e. The fraction of sp³-hybridized carbons (Fsp3) is 0.667. The van der Waals surface area contributed by atoms with Gasteiger partial charge in [0.15, 0.2) is 0 Å². The lowest BCUT2D eigenvalue weighted by Crippen LogP contribution is -2.46. The first kappa shape index (κ1) is 17.8. The molecule has 2 rings (SSSR count). The van der Waals surface area contributed by atoms with Crippen molar-refractivity contribution in [1.82, 2.24) is 4.90 Å². The second-order valence-electron chi connectivity index (χ2n) is 7.10. The zero-order chi connectivity index (χ0) is 16.2. The molecule has 0 bridgehead atoms. The summed E-state index contributed by atoms with van der Waals surface area (Å²) in [4.78, 5) is 2.57. The number of piperidine rings is 1. The molecule has 0 radical (unpaired) electrons. The van der Waals surface area contributed by atoms with Crippen LogP contribution in [0, 0.1) is 5.92 Å². The SMILES string of the molecule is COCc1cc(Br)ccc1OCC1CCN(C(C)(C)C)CC1. The Balaban J connectivity index is 1.87. The Bertz CT molecular complexity index is 476. The molecular formula is C18H28BrNO2. The third-order valence-electron chi connectivity index (χ3n) is 4.36. The molecule has 124 valence electrons. The number of likely N-dealkylation sites (tertiary alicyclic amines) is 1. The maximum atomic E-state index is 6.09. The molecule has 1 aromatic carbocycles. The quantitative estimate of drug-likeness (QED) is 0.763. The number of methoxy groups -OCH3 is 1. The van der Waals surface area contributed by atoms with Gasteiger partial charge in [0.1, 0.15) is 5.75 Å². The third kappa shape index (κ3) is 4.97. The van der Waals surface area contributed by atoms with E-state index in [9.17, 15) is 0 Å². The van der Waals surface area contributed by atoms with E-state index in [0.717, 1.165) is 22.4 Å². The van der Waals surface area contributed by atoms with Crippen molar-refractivity contribution < 1.29 is 9.47 Å². The van der Waals surface area contributed by atoms with Gasteiger partial charge in [-0.2, -0.15) is 0 Å². The van der Waals surface area contributed by atoms with Gasteiger partial charge in [-0.3, -0.25) is 4.90 Å². The van der Waals surface area contributed by atoms with Crippen LogP contribution in [0.4, 0.5) is 0 Å². The Morgan fingerprint density at radius 1 is 1.23 bits per heavy atom. The number of rotatable bonds is 5. The van der Waals surface area contributed by atoms with Gasteiger partial charge in [0.05, 0.1) is 13.2 Å². The molecule has 0 amide bonds. The van der Waals surface area contributed by atoms with Crippen molar-refractivity contribution >= 4 is 15.9 Å². The highest BCUT2D eigenvalue weighted by molar-refractivity contribution is 9.10. The summed E-state index contributed by atoms with van der Waals surface area (Å²) in [5.74, 6) is 1.60. The average Bonchev–Trinajstić information content (AvgIpc) is 2.46. The van der Waals surface area contributed by atoms with Crippen molar-refractivity contribution in [3.05, 3.63) is 28.2 Å². The lowest BCUT2D eigenvalue weighted by atomic mass is 9.93. The van der Waals surface area contributed by atoms with Crippen LogP contribution in [0.2, 0.25) is 0 Å². The standard InChI is InChI=1S/C18H28BrNO2/c1-18(2,3)20-9-7-14(8-10-20)12-22-17-6-5-16(19)11-15(17)13-21-4/h5-6,11,14H,7-10,12-13H2,1-4H3. The molecule has 1 aliphatic heterocycles. The summed E-state index contributed by atoms with van der Waals surface area (Å²) in [5.41, 5.74) is 1.38. The number of ether oxygens (including phenoxy) is 2. The topological polar surface area (TPSA) is 21.7 Å². The third-order valence-corrected chi connectivity index (χ3v) is 4.85. The zero-order valence-corrected chi connectivity index (χ0v) is 15.8. The molecule has 0 N–H and O–H groups in total. The molecule has 0 aromatic heterocycles.